The molecule has 15 heavy (non-hydrogen) atoms. The van der Waals surface area contributed by atoms with Crippen LogP contribution in [0.2, 0.25) is 0 Å². The van der Waals surface area contributed by atoms with Crippen molar-refractivity contribution < 1.29 is 9.90 Å². The fourth-order valence-electron chi connectivity index (χ4n) is 1.72. The minimum Gasteiger partial charge on any atom is -0.481 e. The van der Waals surface area contributed by atoms with Gasteiger partial charge in [-0.05, 0) is 31.2 Å². The van der Waals surface area contributed by atoms with Crippen LogP contribution in [-0.4, -0.2) is 23.1 Å². The van der Waals surface area contributed by atoms with Gasteiger partial charge in [-0.15, -0.1) is 0 Å². The second kappa shape index (κ2) is 5.46. The fourth-order valence-corrected chi connectivity index (χ4v) is 1.72. The number of pyridine rings is 1. The summed E-state index contributed by atoms with van der Waals surface area (Å²) in [4.78, 5) is 15.0. The molecule has 0 saturated heterocycles. The molecule has 1 heterocycles. The Labute approximate surface area is 89.3 Å². The zero-order valence-electron chi connectivity index (χ0n) is 8.97. The Morgan fingerprint density at radius 3 is 2.53 bits per heavy atom. The molecule has 2 N–H and O–H groups in total. The van der Waals surface area contributed by atoms with E-state index in [9.17, 15) is 4.79 Å². The number of rotatable bonds is 5. The van der Waals surface area contributed by atoms with E-state index in [4.69, 9.17) is 5.11 Å². The summed E-state index contributed by atoms with van der Waals surface area (Å²) in [5.74, 6) is -1.17. The van der Waals surface area contributed by atoms with Gasteiger partial charge in [0.15, 0.2) is 0 Å². The van der Waals surface area contributed by atoms with E-state index in [1.54, 1.807) is 19.4 Å². The number of carboxylic acid groups (broad SMARTS) is 1. The van der Waals surface area contributed by atoms with Gasteiger partial charge in [0.25, 0.3) is 0 Å². The van der Waals surface area contributed by atoms with Gasteiger partial charge in [-0.2, -0.15) is 0 Å². The van der Waals surface area contributed by atoms with Crippen molar-refractivity contribution >= 4 is 5.97 Å². The van der Waals surface area contributed by atoms with E-state index in [0.717, 1.165) is 5.56 Å². The van der Waals surface area contributed by atoms with Gasteiger partial charge in [0.1, 0.15) is 0 Å². The van der Waals surface area contributed by atoms with Crippen LogP contribution in [0.1, 0.15) is 24.9 Å². The second-order valence-electron chi connectivity index (χ2n) is 3.40. The Morgan fingerprint density at radius 1 is 1.53 bits per heavy atom. The summed E-state index contributed by atoms with van der Waals surface area (Å²) in [6.07, 6.45) is 3.95. The predicted molar refractivity (Wildman–Crippen MR) is 57.5 cm³/mol. The third-order valence-corrected chi connectivity index (χ3v) is 2.54. The molecule has 0 aromatic carbocycles. The van der Waals surface area contributed by atoms with E-state index >= 15 is 0 Å². The molecule has 0 fully saturated rings. The van der Waals surface area contributed by atoms with E-state index in [2.05, 4.69) is 10.3 Å². The minimum atomic E-state index is -0.770. The Kier molecular flexibility index (Phi) is 4.24. The lowest BCUT2D eigenvalue weighted by Crippen LogP contribution is -2.30. The molecule has 1 aromatic rings. The van der Waals surface area contributed by atoms with E-state index in [1.807, 2.05) is 19.1 Å². The molecule has 4 nitrogen and oxygen atoms in total. The van der Waals surface area contributed by atoms with Crippen LogP contribution in [0.4, 0.5) is 0 Å². The minimum absolute atomic E-state index is 0.157. The van der Waals surface area contributed by atoms with Crippen molar-refractivity contribution in [3.05, 3.63) is 30.1 Å². The van der Waals surface area contributed by atoms with E-state index in [1.165, 1.54) is 0 Å². The van der Waals surface area contributed by atoms with E-state index < -0.39 is 11.9 Å². The molecule has 2 unspecified atom stereocenters. The maximum atomic E-state index is 11.0. The Balaban J connectivity index is 2.92. The molecule has 2 atom stereocenters. The summed E-state index contributed by atoms with van der Waals surface area (Å²) in [5.41, 5.74) is 0.960. The molecule has 0 radical (unpaired) electrons. The van der Waals surface area contributed by atoms with Crippen molar-refractivity contribution in [2.45, 2.75) is 19.4 Å². The van der Waals surface area contributed by atoms with Crippen molar-refractivity contribution in [1.29, 1.82) is 0 Å². The third kappa shape index (κ3) is 2.76. The SMILES string of the molecule is CCC(C(=O)O)C(NC)c1ccncc1. The second-order valence-corrected chi connectivity index (χ2v) is 3.40. The molecule has 0 amide bonds. The highest BCUT2D eigenvalue weighted by Gasteiger charge is 2.26. The number of aromatic nitrogens is 1. The van der Waals surface area contributed by atoms with Crippen molar-refractivity contribution in [2.75, 3.05) is 7.05 Å². The average molecular weight is 208 g/mol. The van der Waals surface area contributed by atoms with Crippen molar-refractivity contribution in [3.8, 4) is 0 Å². The van der Waals surface area contributed by atoms with Gasteiger partial charge in [-0.3, -0.25) is 9.78 Å². The summed E-state index contributed by atoms with van der Waals surface area (Å²) in [5, 5.41) is 12.1. The first kappa shape index (κ1) is 11.7. The van der Waals surface area contributed by atoms with Gasteiger partial charge in [0.05, 0.1) is 5.92 Å². The van der Waals surface area contributed by atoms with Crippen LogP contribution < -0.4 is 5.32 Å². The third-order valence-electron chi connectivity index (χ3n) is 2.54. The Bertz CT molecular complexity index is 314. The van der Waals surface area contributed by atoms with E-state index in [-0.39, 0.29) is 6.04 Å². The fraction of sp³-hybridized carbons (Fsp3) is 0.455. The van der Waals surface area contributed by atoms with Gasteiger partial charge in [-0.25, -0.2) is 0 Å². The number of carbonyl (C=O) groups is 1. The molecular weight excluding hydrogens is 192 g/mol. The summed E-state index contributed by atoms with van der Waals surface area (Å²) in [6, 6.07) is 3.52. The highest BCUT2D eigenvalue weighted by atomic mass is 16.4. The van der Waals surface area contributed by atoms with Crippen LogP contribution in [0.25, 0.3) is 0 Å². The lowest BCUT2D eigenvalue weighted by atomic mass is 9.92. The van der Waals surface area contributed by atoms with Crippen molar-refractivity contribution in [2.24, 2.45) is 5.92 Å². The van der Waals surface area contributed by atoms with Crippen LogP contribution >= 0.6 is 0 Å². The lowest BCUT2D eigenvalue weighted by Gasteiger charge is -2.22. The van der Waals surface area contributed by atoms with Crippen molar-refractivity contribution in [1.82, 2.24) is 10.3 Å². The molecule has 0 aliphatic heterocycles. The molecule has 0 spiro atoms. The van der Waals surface area contributed by atoms with Gasteiger partial charge in [-0.1, -0.05) is 6.92 Å². The molecule has 1 rings (SSSR count). The first-order valence-electron chi connectivity index (χ1n) is 5.00. The molecular formula is C11H16N2O2. The quantitative estimate of drug-likeness (QED) is 0.768. The van der Waals surface area contributed by atoms with Crippen LogP contribution in [0.5, 0.6) is 0 Å². The highest BCUT2D eigenvalue weighted by Crippen LogP contribution is 2.23. The van der Waals surface area contributed by atoms with E-state index in [0.29, 0.717) is 6.42 Å². The highest BCUT2D eigenvalue weighted by molar-refractivity contribution is 5.71. The average Bonchev–Trinajstić information content (AvgIpc) is 2.26. The van der Waals surface area contributed by atoms with Crippen molar-refractivity contribution in [3.63, 3.8) is 0 Å². The smallest absolute Gasteiger partial charge is 0.308 e. The molecule has 4 heteroatoms. The topological polar surface area (TPSA) is 62.2 Å². The number of nitrogens with zero attached hydrogens (tertiary/aromatic N) is 1. The van der Waals surface area contributed by atoms with Crippen LogP contribution in [-0.2, 0) is 4.79 Å². The standard InChI is InChI=1S/C11H16N2O2/c1-3-9(11(14)15)10(12-2)8-4-6-13-7-5-8/h4-7,9-10,12H,3H2,1-2H3,(H,14,15). The van der Waals surface area contributed by atoms with Crippen LogP contribution in [0, 0.1) is 5.92 Å². The molecule has 82 valence electrons. The summed E-state index contributed by atoms with van der Waals surface area (Å²) in [7, 11) is 1.77. The zero-order valence-corrected chi connectivity index (χ0v) is 8.97. The first-order chi connectivity index (χ1) is 7.20. The predicted octanol–water partition coefficient (Wildman–Crippen LogP) is 1.45. The van der Waals surface area contributed by atoms with Crippen LogP contribution in [0.15, 0.2) is 24.5 Å². The first-order valence-corrected chi connectivity index (χ1v) is 5.00. The Morgan fingerprint density at radius 2 is 2.13 bits per heavy atom. The monoisotopic (exact) mass is 208 g/mol. The number of nitrogens with one attached hydrogen (secondary N) is 1. The molecule has 0 bridgehead atoms. The number of aliphatic carboxylic acids is 1. The normalized spacial score (nSPS) is 14.5. The summed E-state index contributed by atoms with van der Waals surface area (Å²) in [6.45, 7) is 1.88. The number of carboxylic acids is 1. The molecule has 1 aromatic heterocycles. The number of hydrogen-bond acceptors (Lipinski definition) is 3. The van der Waals surface area contributed by atoms with Gasteiger partial charge < -0.3 is 10.4 Å². The molecule has 0 aliphatic rings. The summed E-state index contributed by atoms with van der Waals surface area (Å²) >= 11 is 0. The lowest BCUT2D eigenvalue weighted by molar-refractivity contribution is -0.143. The molecule has 0 aliphatic carbocycles. The zero-order chi connectivity index (χ0) is 11.3. The Hall–Kier alpha value is -1.42. The largest absolute Gasteiger partial charge is 0.481 e. The van der Waals surface area contributed by atoms with Gasteiger partial charge in [0, 0.05) is 18.4 Å². The maximum Gasteiger partial charge on any atom is 0.308 e. The molecule has 0 saturated carbocycles. The summed E-state index contributed by atoms with van der Waals surface area (Å²) < 4.78 is 0. The maximum absolute atomic E-state index is 11.0. The van der Waals surface area contributed by atoms with Crippen LogP contribution in [0.3, 0.4) is 0 Å². The van der Waals surface area contributed by atoms with Gasteiger partial charge in [0.2, 0.25) is 0 Å². The number of hydrogen-bond donors (Lipinski definition) is 2. The van der Waals surface area contributed by atoms with Gasteiger partial charge >= 0.3 is 5.97 Å².